The number of nitrogens with one attached hydrogen (secondary N) is 1. The lowest BCUT2D eigenvalue weighted by molar-refractivity contribution is 0.0979. The van der Waals surface area contributed by atoms with Crippen molar-refractivity contribution in [3.63, 3.8) is 0 Å². The summed E-state index contributed by atoms with van der Waals surface area (Å²) >= 11 is 6.08. The molecule has 114 valence electrons. The lowest BCUT2D eigenvalue weighted by Gasteiger charge is -2.16. The zero-order valence-corrected chi connectivity index (χ0v) is 13.0. The van der Waals surface area contributed by atoms with Crippen LogP contribution in [0.2, 0.25) is 5.02 Å². The number of pyridine rings is 1. The number of carbonyl (C=O) groups is 2. The Morgan fingerprint density at radius 1 is 0.917 bits per heavy atom. The molecule has 0 bridgehead atoms. The smallest absolute Gasteiger partial charge is 0.211 e. The summed E-state index contributed by atoms with van der Waals surface area (Å²) in [7, 11) is 0. The molecule has 4 nitrogen and oxygen atoms in total. The van der Waals surface area contributed by atoms with Crippen molar-refractivity contribution in [2.75, 3.05) is 0 Å². The van der Waals surface area contributed by atoms with Crippen molar-refractivity contribution in [2.45, 2.75) is 0 Å². The van der Waals surface area contributed by atoms with E-state index in [9.17, 15) is 9.59 Å². The first-order chi connectivity index (χ1) is 11.6. The fourth-order valence-corrected chi connectivity index (χ4v) is 3.56. The second-order valence-electron chi connectivity index (χ2n) is 5.79. The van der Waals surface area contributed by atoms with Crippen molar-refractivity contribution in [3.8, 4) is 0 Å². The quantitative estimate of drug-likeness (QED) is 0.463. The van der Waals surface area contributed by atoms with Gasteiger partial charge in [0.1, 0.15) is 0 Å². The van der Waals surface area contributed by atoms with Crippen LogP contribution in [0.5, 0.6) is 0 Å². The van der Waals surface area contributed by atoms with E-state index in [2.05, 4.69) is 9.97 Å². The molecule has 0 aliphatic heterocycles. The molecule has 0 atom stereocenters. The SMILES string of the molecule is O=C1c2[nH]c3ccccc3c2C(=O)c2cnc3ccc(Cl)cc3c21. The van der Waals surface area contributed by atoms with E-state index < -0.39 is 0 Å². The third-order valence-electron chi connectivity index (χ3n) is 4.46. The molecule has 5 rings (SSSR count). The summed E-state index contributed by atoms with van der Waals surface area (Å²) < 4.78 is 0. The van der Waals surface area contributed by atoms with Crippen molar-refractivity contribution >= 4 is 45.0 Å². The van der Waals surface area contributed by atoms with Gasteiger partial charge in [-0.05, 0) is 24.3 Å². The molecular formula is C19H9ClN2O2. The first-order valence-corrected chi connectivity index (χ1v) is 7.81. The number of hydrogen-bond donors (Lipinski definition) is 1. The maximum Gasteiger partial charge on any atom is 0.211 e. The summed E-state index contributed by atoms with van der Waals surface area (Å²) in [6, 6.07) is 12.5. The minimum absolute atomic E-state index is 0.188. The summed E-state index contributed by atoms with van der Waals surface area (Å²) in [5.41, 5.74) is 2.86. The molecule has 1 aliphatic rings. The highest BCUT2D eigenvalue weighted by Crippen LogP contribution is 2.35. The van der Waals surface area contributed by atoms with Gasteiger partial charge in [0.2, 0.25) is 5.78 Å². The zero-order valence-electron chi connectivity index (χ0n) is 12.3. The average Bonchev–Trinajstić information content (AvgIpc) is 2.98. The fourth-order valence-electron chi connectivity index (χ4n) is 3.39. The number of para-hydroxylation sites is 1. The Morgan fingerprint density at radius 3 is 2.62 bits per heavy atom. The minimum Gasteiger partial charge on any atom is -0.351 e. The Kier molecular flexibility index (Phi) is 2.54. The van der Waals surface area contributed by atoms with Gasteiger partial charge in [0, 0.05) is 33.1 Å². The highest BCUT2D eigenvalue weighted by atomic mass is 35.5. The number of benzene rings is 2. The third kappa shape index (κ3) is 1.61. The average molecular weight is 333 g/mol. The van der Waals surface area contributed by atoms with Crippen LogP contribution in [-0.4, -0.2) is 21.5 Å². The van der Waals surface area contributed by atoms with E-state index in [0.29, 0.717) is 38.3 Å². The van der Waals surface area contributed by atoms with Gasteiger partial charge in [0.25, 0.3) is 0 Å². The normalized spacial score (nSPS) is 13.4. The zero-order chi connectivity index (χ0) is 16.4. The van der Waals surface area contributed by atoms with Gasteiger partial charge in [-0.3, -0.25) is 14.6 Å². The first kappa shape index (κ1) is 13.5. The molecule has 2 aromatic carbocycles. The molecule has 0 amide bonds. The van der Waals surface area contributed by atoms with E-state index in [-0.39, 0.29) is 11.6 Å². The first-order valence-electron chi connectivity index (χ1n) is 7.43. The molecule has 0 saturated heterocycles. The second-order valence-corrected chi connectivity index (χ2v) is 6.22. The minimum atomic E-state index is -0.203. The summed E-state index contributed by atoms with van der Waals surface area (Å²) in [6.45, 7) is 0. The molecule has 0 radical (unpaired) electrons. The molecule has 24 heavy (non-hydrogen) atoms. The number of rotatable bonds is 0. The van der Waals surface area contributed by atoms with Crippen molar-refractivity contribution in [1.82, 2.24) is 9.97 Å². The van der Waals surface area contributed by atoms with E-state index >= 15 is 0 Å². The topological polar surface area (TPSA) is 62.8 Å². The Labute approximate surface area is 141 Å². The van der Waals surface area contributed by atoms with Crippen LogP contribution in [0.25, 0.3) is 21.8 Å². The fraction of sp³-hybridized carbons (Fsp3) is 0. The van der Waals surface area contributed by atoms with E-state index in [0.717, 1.165) is 10.9 Å². The number of carbonyl (C=O) groups excluding carboxylic acids is 2. The van der Waals surface area contributed by atoms with Crippen LogP contribution in [0.3, 0.4) is 0 Å². The van der Waals surface area contributed by atoms with Gasteiger partial charge in [0.05, 0.1) is 22.3 Å². The number of halogens is 1. The highest BCUT2D eigenvalue weighted by molar-refractivity contribution is 6.35. The molecule has 0 fully saturated rings. The van der Waals surface area contributed by atoms with Crippen LogP contribution in [0.4, 0.5) is 0 Å². The van der Waals surface area contributed by atoms with Crippen molar-refractivity contribution in [3.05, 3.63) is 76.1 Å². The van der Waals surface area contributed by atoms with Crippen molar-refractivity contribution in [1.29, 1.82) is 0 Å². The number of aromatic nitrogens is 2. The van der Waals surface area contributed by atoms with Gasteiger partial charge in [-0.15, -0.1) is 0 Å². The van der Waals surface area contributed by atoms with E-state index in [4.69, 9.17) is 11.6 Å². The molecule has 2 aromatic heterocycles. The lowest BCUT2D eigenvalue weighted by atomic mass is 9.86. The van der Waals surface area contributed by atoms with Crippen LogP contribution >= 0.6 is 11.6 Å². The number of H-pyrrole nitrogens is 1. The Morgan fingerprint density at radius 2 is 1.75 bits per heavy atom. The van der Waals surface area contributed by atoms with Gasteiger partial charge >= 0.3 is 0 Å². The summed E-state index contributed by atoms with van der Waals surface area (Å²) in [5, 5.41) is 1.85. The molecule has 1 aliphatic carbocycles. The number of hydrogen-bond acceptors (Lipinski definition) is 3. The Balaban J connectivity index is 1.92. The largest absolute Gasteiger partial charge is 0.351 e. The van der Waals surface area contributed by atoms with Crippen LogP contribution in [-0.2, 0) is 0 Å². The van der Waals surface area contributed by atoms with Crippen molar-refractivity contribution in [2.24, 2.45) is 0 Å². The van der Waals surface area contributed by atoms with Gasteiger partial charge in [0.15, 0.2) is 5.78 Å². The molecule has 4 aromatic rings. The van der Waals surface area contributed by atoms with Crippen LogP contribution < -0.4 is 0 Å². The maximum absolute atomic E-state index is 13.1. The summed E-state index contributed by atoms with van der Waals surface area (Å²) in [4.78, 5) is 33.5. The summed E-state index contributed by atoms with van der Waals surface area (Å²) in [6.07, 6.45) is 1.48. The second kappa shape index (κ2) is 4.52. The van der Waals surface area contributed by atoms with E-state index in [1.807, 2.05) is 24.3 Å². The predicted molar refractivity (Wildman–Crippen MR) is 91.9 cm³/mol. The molecule has 1 N–H and O–H groups in total. The van der Waals surface area contributed by atoms with Crippen LogP contribution in [0.15, 0.2) is 48.7 Å². The molecular weight excluding hydrogens is 324 g/mol. The molecule has 0 saturated carbocycles. The number of aromatic amines is 1. The maximum atomic E-state index is 13.1. The number of ketones is 2. The molecule has 2 heterocycles. The van der Waals surface area contributed by atoms with Gasteiger partial charge in [-0.1, -0.05) is 29.8 Å². The van der Waals surface area contributed by atoms with Gasteiger partial charge in [-0.25, -0.2) is 0 Å². The molecule has 0 spiro atoms. The Bertz CT molecular complexity index is 1210. The van der Waals surface area contributed by atoms with Crippen molar-refractivity contribution < 1.29 is 9.59 Å². The number of fused-ring (bicyclic) bond motifs is 6. The standard InChI is InChI=1S/C19H9ClN2O2/c20-9-5-6-13-11(7-9)15-12(8-21-13)18(23)16-10-3-1-2-4-14(10)22-17(16)19(15)24/h1-8,22H. The third-order valence-corrected chi connectivity index (χ3v) is 4.70. The lowest BCUT2D eigenvalue weighted by Crippen LogP contribution is -2.21. The highest BCUT2D eigenvalue weighted by Gasteiger charge is 2.34. The van der Waals surface area contributed by atoms with Gasteiger partial charge < -0.3 is 4.98 Å². The van der Waals surface area contributed by atoms with E-state index in [1.54, 1.807) is 18.2 Å². The number of nitrogens with zero attached hydrogens (tertiary/aromatic N) is 1. The monoisotopic (exact) mass is 332 g/mol. The summed E-state index contributed by atoms with van der Waals surface area (Å²) in [5.74, 6) is -0.392. The molecule has 5 heteroatoms. The molecule has 0 unspecified atom stereocenters. The van der Waals surface area contributed by atoms with E-state index in [1.165, 1.54) is 6.20 Å². The van der Waals surface area contributed by atoms with Gasteiger partial charge in [-0.2, -0.15) is 0 Å². The Hall–Kier alpha value is -2.98. The predicted octanol–water partition coefficient (Wildman–Crippen LogP) is 4.14. The van der Waals surface area contributed by atoms with Crippen LogP contribution in [0.1, 0.15) is 32.0 Å². The van der Waals surface area contributed by atoms with Crippen LogP contribution in [0, 0.1) is 0 Å².